The molecule has 4 rings (SSSR count). The highest BCUT2D eigenvalue weighted by atomic mass is 32.1. The minimum absolute atomic E-state index is 0.0112. The number of aromatic nitrogens is 2. The van der Waals surface area contributed by atoms with Crippen LogP contribution in [0.1, 0.15) is 22.5 Å². The topological polar surface area (TPSA) is 75.2 Å². The first-order valence-corrected chi connectivity index (χ1v) is 9.54. The molecule has 26 heavy (non-hydrogen) atoms. The Balaban J connectivity index is 1.50. The van der Waals surface area contributed by atoms with Gasteiger partial charge in [-0.3, -0.25) is 14.2 Å². The van der Waals surface area contributed by atoms with E-state index in [1.54, 1.807) is 4.90 Å². The van der Waals surface area contributed by atoms with Crippen LogP contribution in [0.15, 0.2) is 46.6 Å². The molecule has 1 N–H and O–H groups in total. The molecule has 1 aliphatic heterocycles. The van der Waals surface area contributed by atoms with E-state index in [4.69, 9.17) is 0 Å². The standard InChI is InChI=1S/C19H19N3O3S/c23-17(12-22-15-7-2-1-6-14(15)20-19(22)25)21-9-3-5-13(11-21)18(24)16-8-4-10-26-16/h1-2,4,6-8,10,13H,3,5,9,11-12H2,(H,20,25). The molecule has 1 amide bonds. The van der Waals surface area contributed by atoms with E-state index in [0.29, 0.717) is 18.6 Å². The first kappa shape index (κ1) is 16.8. The minimum atomic E-state index is -0.289. The number of hydrogen-bond acceptors (Lipinski definition) is 4. The van der Waals surface area contributed by atoms with Crippen molar-refractivity contribution >= 4 is 34.1 Å². The van der Waals surface area contributed by atoms with Crippen LogP contribution in [-0.2, 0) is 11.3 Å². The minimum Gasteiger partial charge on any atom is -0.340 e. The van der Waals surface area contributed by atoms with Crippen LogP contribution in [0.25, 0.3) is 11.0 Å². The van der Waals surface area contributed by atoms with E-state index in [1.165, 1.54) is 15.9 Å². The summed E-state index contributed by atoms with van der Waals surface area (Å²) < 4.78 is 1.46. The van der Waals surface area contributed by atoms with E-state index in [9.17, 15) is 14.4 Å². The number of rotatable bonds is 4. The molecular formula is C19H19N3O3S. The Kier molecular flexibility index (Phi) is 4.46. The smallest absolute Gasteiger partial charge is 0.326 e. The van der Waals surface area contributed by atoms with Crippen LogP contribution in [0.4, 0.5) is 0 Å². The lowest BCUT2D eigenvalue weighted by Crippen LogP contribution is -2.44. The van der Waals surface area contributed by atoms with Crippen LogP contribution < -0.4 is 5.69 Å². The third-order valence-corrected chi connectivity index (χ3v) is 5.77. The van der Waals surface area contributed by atoms with E-state index in [1.807, 2.05) is 41.8 Å². The van der Waals surface area contributed by atoms with Gasteiger partial charge in [0.1, 0.15) is 6.54 Å². The van der Waals surface area contributed by atoms with Gasteiger partial charge >= 0.3 is 5.69 Å². The van der Waals surface area contributed by atoms with Crippen LogP contribution in [0.5, 0.6) is 0 Å². The number of imidazole rings is 1. The van der Waals surface area contributed by atoms with E-state index in [0.717, 1.165) is 23.2 Å². The molecule has 0 radical (unpaired) electrons. The van der Waals surface area contributed by atoms with Gasteiger partial charge in [0.25, 0.3) is 0 Å². The van der Waals surface area contributed by atoms with E-state index >= 15 is 0 Å². The van der Waals surface area contributed by atoms with Gasteiger partial charge in [-0.1, -0.05) is 18.2 Å². The first-order chi connectivity index (χ1) is 12.6. The van der Waals surface area contributed by atoms with Crippen molar-refractivity contribution in [2.24, 2.45) is 5.92 Å². The van der Waals surface area contributed by atoms with Gasteiger partial charge in [0.05, 0.1) is 15.9 Å². The van der Waals surface area contributed by atoms with Gasteiger partial charge < -0.3 is 9.88 Å². The lowest BCUT2D eigenvalue weighted by molar-refractivity contribution is -0.133. The lowest BCUT2D eigenvalue weighted by Gasteiger charge is -2.32. The van der Waals surface area contributed by atoms with Crippen molar-refractivity contribution in [2.45, 2.75) is 19.4 Å². The molecule has 0 saturated carbocycles. The van der Waals surface area contributed by atoms with Crippen molar-refractivity contribution in [3.63, 3.8) is 0 Å². The number of para-hydroxylation sites is 2. The van der Waals surface area contributed by atoms with Crippen LogP contribution >= 0.6 is 11.3 Å². The van der Waals surface area contributed by atoms with Crippen molar-refractivity contribution < 1.29 is 9.59 Å². The van der Waals surface area contributed by atoms with Gasteiger partial charge in [-0.05, 0) is 36.4 Å². The number of benzene rings is 1. The van der Waals surface area contributed by atoms with Gasteiger partial charge in [-0.2, -0.15) is 0 Å². The summed E-state index contributed by atoms with van der Waals surface area (Å²) in [5.74, 6) is -0.173. The summed E-state index contributed by atoms with van der Waals surface area (Å²) in [6.45, 7) is 1.04. The van der Waals surface area contributed by atoms with Crippen LogP contribution in [0, 0.1) is 5.92 Å². The molecule has 134 valence electrons. The Morgan fingerprint density at radius 2 is 2.04 bits per heavy atom. The zero-order chi connectivity index (χ0) is 18.1. The fraction of sp³-hybridized carbons (Fsp3) is 0.316. The molecular weight excluding hydrogens is 350 g/mol. The van der Waals surface area contributed by atoms with Gasteiger partial charge in [0.15, 0.2) is 5.78 Å². The van der Waals surface area contributed by atoms with Crippen molar-refractivity contribution in [1.82, 2.24) is 14.5 Å². The number of nitrogens with one attached hydrogen (secondary N) is 1. The molecule has 1 saturated heterocycles. The van der Waals surface area contributed by atoms with Crippen molar-refractivity contribution in [1.29, 1.82) is 0 Å². The number of nitrogens with zero attached hydrogens (tertiary/aromatic N) is 2. The number of Topliss-reactive ketones (excluding diaryl/α,β-unsaturated/α-hetero) is 1. The van der Waals surface area contributed by atoms with Gasteiger partial charge in [-0.25, -0.2) is 4.79 Å². The van der Waals surface area contributed by atoms with E-state index in [-0.39, 0.29) is 29.8 Å². The summed E-state index contributed by atoms with van der Waals surface area (Å²) in [7, 11) is 0. The zero-order valence-electron chi connectivity index (χ0n) is 14.2. The molecule has 1 aliphatic rings. The molecule has 6 nitrogen and oxygen atoms in total. The average molecular weight is 369 g/mol. The largest absolute Gasteiger partial charge is 0.340 e. The summed E-state index contributed by atoms with van der Waals surface area (Å²) >= 11 is 1.44. The third-order valence-electron chi connectivity index (χ3n) is 4.88. The summed E-state index contributed by atoms with van der Waals surface area (Å²) in [6, 6.07) is 11.0. The average Bonchev–Trinajstić information content (AvgIpc) is 3.30. The van der Waals surface area contributed by atoms with E-state index < -0.39 is 0 Å². The fourth-order valence-corrected chi connectivity index (χ4v) is 4.28. The third kappa shape index (κ3) is 3.10. The number of ketones is 1. The highest BCUT2D eigenvalue weighted by Gasteiger charge is 2.29. The predicted molar refractivity (Wildman–Crippen MR) is 101 cm³/mol. The number of H-pyrrole nitrogens is 1. The van der Waals surface area contributed by atoms with Crippen LogP contribution in [-0.4, -0.2) is 39.2 Å². The van der Waals surface area contributed by atoms with Crippen LogP contribution in [0.3, 0.4) is 0 Å². The second-order valence-electron chi connectivity index (χ2n) is 6.55. The quantitative estimate of drug-likeness (QED) is 0.718. The Morgan fingerprint density at radius 3 is 2.85 bits per heavy atom. The number of piperidine rings is 1. The molecule has 0 spiro atoms. The van der Waals surface area contributed by atoms with Gasteiger partial charge in [0.2, 0.25) is 5.91 Å². The lowest BCUT2D eigenvalue weighted by atomic mass is 9.93. The number of likely N-dealkylation sites (tertiary alicyclic amines) is 1. The maximum absolute atomic E-state index is 12.8. The van der Waals surface area contributed by atoms with Crippen molar-refractivity contribution in [3.8, 4) is 0 Å². The molecule has 3 heterocycles. The predicted octanol–water partition coefficient (Wildman–Crippen LogP) is 2.51. The van der Waals surface area contributed by atoms with Crippen LogP contribution in [0.2, 0.25) is 0 Å². The van der Waals surface area contributed by atoms with Gasteiger partial charge in [-0.15, -0.1) is 11.3 Å². The molecule has 1 aromatic carbocycles. The molecule has 0 bridgehead atoms. The number of aromatic amines is 1. The Hall–Kier alpha value is -2.67. The Labute approximate surface area is 154 Å². The Bertz CT molecular complexity index is 1000. The normalized spacial score (nSPS) is 17.5. The summed E-state index contributed by atoms with van der Waals surface area (Å²) in [6.07, 6.45) is 1.60. The number of thiophene rings is 1. The van der Waals surface area contributed by atoms with Crippen molar-refractivity contribution in [2.75, 3.05) is 13.1 Å². The molecule has 7 heteroatoms. The summed E-state index contributed by atoms with van der Waals surface area (Å²) in [5, 5.41) is 1.89. The number of amides is 1. The number of fused-ring (bicyclic) bond motifs is 1. The second kappa shape index (κ2) is 6.92. The second-order valence-corrected chi connectivity index (χ2v) is 7.50. The summed E-state index contributed by atoms with van der Waals surface area (Å²) in [5.41, 5.74) is 1.14. The molecule has 1 atom stereocenters. The zero-order valence-corrected chi connectivity index (χ0v) is 15.0. The molecule has 1 unspecified atom stereocenters. The summed E-state index contributed by atoms with van der Waals surface area (Å²) in [4.78, 5) is 42.7. The molecule has 2 aromatic heterocycles. The highest BCUT2D eigenvalue weighted by molar-refractivity contribution is 7.12. The number of carbonyl (C=O) groups is 2. The maximum Gasteiger partial charge on any atom is 0.326 e. The number of carbonyl (C=O) groups excluding carboxylic acids is 2. The Morgan fingerprint density at radius 1 is 1.19 bits per heavy atom. The molecule has 3 aromatic rings. The fourth-order valence-electron chi connectivity index (χ4n) is 3.54. The SMILES string of the molecule is O=C(c1cccs1)C1CCCN(C(=O)Cn2c(=O)[nH]c3ccccc32)C1. The highest BCUT2D eigenvalue weighted by Crippen LogP contribution is 2.23. The van der Waals surface area contributed by atoms with Gasteiger partial charge in [0, 0.05) is 19.0 Å². The van der Waals surface area contributed by atoms with E-state index in [2.05, 4.69) is 4.98 Å². The number of hydrogen-bond donors (Lipinski definition) is 1. The maximum atomic E-state index is 12.8. The van der Waals surface area contributed by atoms with Crippen molar-refractivity contribution in [3.05, 3.63) is 57.1 Å². The first-order valence-electron chi connectivity index (χ1n) is 8.66. The molecule has 1 fully saturated rings. The molecule has 0 aliphatic carbocycles. The monoisotopic (exact) mass is 369 g/mol.